The van der Waals surface area contributed by atoms with Crippen LogP contribution in [0.2, 0.25) is 0 Å². The summed E-state index contributed by atoms with van der Waals surface area (Å²) in [5, 5.41) is 18.8. The second-order valence-electron chi connectivity index (χ2n) is 4.77. The first-order valence-electron chi connectivity index (χ1n) is 5.87. The molecule has 0 bridgehead atoms. The summed E-state index contributed by atoms with van der Waals surface area (Å²) in [6.45, 7) is 0. The van der Waals surface area contributed by atoms with Gasteiger partial charge in [-0.05, 0) is 18.9 Å². The third-order valence-electron chi connectivity index (χ3n) is 2.92. The standard InChI is InChI=1S/C10H14F5NO5S/c1-22(19,20)16-9(18,10(13,14)15)8(11,12)7(17)6-4-2-3-5-21-6/h3,5-7,16-18H,2,4H2,1H3. The SMILES string of the molecule is CS(=O)(=O)NC(O)(C(F)(F)F)C(F)(F)C(O)C1CCC=CO1. The molecule has 1 aliphatic rings. The fourth-order valence-electron chi connectivity index (χ4n) is 1.82. The number of hydrogen-bond donors (Lipinski definition) is 3. The van der Waals surface area contributed by atoms with E-state index in [-0.39, 0.29) is 19.1 Å². The number of aliphatic hydroxyl groups is 2. The molecule has 22 heavy (non-hydrogen) atoms. The Bertz CT molecular complexity index is 534. The van der Waals surface area contributed by atoms with E-state index in [0.717, 1.165) is 6.26 Å². The fraction of sp³-hybridized carbons (Fsp3) is 0.800. The molecule has 0 aromatic carbocycles. The number of hydrogen-bond acceptors (Lipinski definition) is 5. The Morgan fingerprint density at radius 1 is 1.32 bits per heavy atom. The van der Waals surface area contributed by atoms with Crippen molar-refractivity contribution in [2.24, 2.45) is 0 Å². The molecule has 0 fully saturated rings. The molecule has 3 atom stereocenters. The lowest BCUT2D eigenvalue weighted by molar-refractivity contribution is -0.360. The second kappa shape index (κ2) is 5.91. The van der Waals surface area contributed by atoms with Gasteiger partial charge in [-0.15, -0.1) is 0 Å². The molecule has 12 heteroatoms. The molecule has 0 saturated heterocycles. The number of nitrogens with one attached hydrogen (secondary N) is 1. The summed E-state index contributed by atoms with van der Waals surface area (Å²) in [5.41, 5.74) is -5.18. The van der Waals surface area contributed by atoms with Gasteiger partial charge in [-0.1, -0.05) is 0 Å². The highest BCUT2D eigenvalue weighted by atomic mass is 32.2. The Balaban J connectivity index is 3.23. The molecular weight excluding hydrogens is 341 g/mol. The molecule has 0 radical (unpaired) electrons. The van der Waals surface area contributed by atoms with Crippen LogP contribution in [0, 0.1) is 0 Å². The number of sulfonamides is 1. The smallest absolute Gasteiger partial charge is 0.438 e. The minimum Gasteiger partial charge on any atom is -0.495 e. The zero-order valence-electron chi connectivity index (χ0n) is 11.1. The molecular formula is C10H14F5NO5S. The van der Waals surface area contributed by atoms with Crippen molar-refractivity contribution in [1.29, 1.82) is 0 Å². The normalized spacial score (nSPS) is 24.5. The van der Waals surface area contributed by atoms with Gasteiger partial charge in [0.05, 0.1) is 12.5 Å². The van der Waals surface area contributed by atoms with Crippen LogP contribution in [-0.4, -0.2) is 54.9 Å². The van der Waals surface area contributed by atoms with E-state index >= 15 is 0 Å². The first-order chi connectivity index (χ1) is 9.72. The van der Waals surface area contributed by atoms with Crippen molar-refractivity contribution in [3.63, 3.8) is 0 Å². The maximum atomic E-state index is 14.0. The molecule has 0 spiro atoms. The minimum atomic E-state index is -6.09. The van der Waals surface area contributed by atoms with Gasteiger partial charge in [-0.3, -0.25) is 0 Å². The van der Waals surface area contributed by atoms with Crippen molar-refractivity contribution in [3.8, 4) is 0 Å². The van der Waals surface area contributed by atoms with Crippen LogP contribution in [0.5, 0.6) is 0 Å². The average Bonchev–Trinajstić information content (AvgIpc) is 2.35. The zero-order valence-corrected chi connectivity index (χ0v) is 12.0. The Labute approximate surface area is 122 Å². The highest BCUT2D eigenvalue weighted by molar-refractivity contribution is 7.88. The van der Waals surface area contributed by atoms with Crippen LogP contribution in [0.3, 0.4) is 0 Å². The topological polar surface area (TPSA) is 95.9 Å². The van der Waals surface area contributed by atoms with Crippen molar-refractivity contribution in [2.75, 3.05) is 6.26 Å². The Morgan fingerprint density at radius 2 is 1.86 bits per heavy atom. The summed E-state index contributed by atoms with van der Waals surface area (Å²) in [4.78, 5) is 0. The van der Waals surface area contributed by atoms with E-state index in [2.05, 4.69) is 4.74 Å². The van der Waals surface area contributed by atoms with Gasteiger partial charge in [0.1, 0.15) is 6.10 Å². The highest BCUT2D eigenvalue weighted by Gasteiger charge is 2.74. The van der Waals surface area contributed by atoms with E-state index < -0.39 is 40.1 Å². The Kier molecular flexibility index (Phi) is 5.12. The minimum absolute atomic E-state index is 0.155. The summed E-state index contributed by atoms with van der Waals surface area (Å²) < 4.78 is 93.4. The van der Waals surface area contributed by atoms with Gasteiger partial charge in [0.25, 0.3) is 5.72 Å². The first-order valence-corrected chi connectivity index (χ1v) is 7.76. The second-order valence-corrected chi connectivity index (χ2v) is 6.52. The van der Waals surface area contributed by atoms with Gasteiger partial charge in [0, 0.05) is 0 Å². The van der Waals surface area contributed by atoms with Crippen LogP contribution in [0.25, 0.3) is 0 Å². The van der Waals surface area contributed by atoms with Crippen LogP contribution < -0.4 is 4.72 Å². The van der Waals surface area contributed by atoms with E-state index in [0.29, 0.717) is 4.72 Å². The van der Waals surface area contributed by atoms with E-state index in [1.807, 2.05) is 0 Å². The third-order valence-corrected chi connectivity index (χ3v) is 3.58. The van der Waals surface area contributed by atoms with Crippen LogP contribution in [0.4, 0.5) is 22.0 Å². The summed E-state index contributed by atoms with van der Waals surface area (Å²) in [7, 11) is -4.88. The molecule has 1 aliphatic heterocycles. The van der Waals surface area contributed by atoms with Gasteiger partial charge < -0.3 is 14.9 Å². The number of allylic oxidation sites excluding steroid dienone is 1. The van der Waals surface area contributed by atoms with Crippen molar-refractivity contribution in [2.45, 2.75) is 42.9 Å². The lowest BCUT2D eigenvalue weighted by Crippen LogP contribution is -2.73. The zero-order chi connectivity index (χ0) is 17.4. The highest BCUT2D eigenvalue weighted by Crippen LogP contribution is 2.44. The van der Waals surface area contributed by atoms with E-state index in [4.69, 9.17) is 0 Å². The number of ether oxygens (including phenoxy) is 1. The van der Waals surface area contributed by atoms with Crippen LogP contribution >= 0.6 is 0 Å². The number of halogens is 5. The lowest BCUT2D eigenvalue weighted by atomic mass is 9.93. The van der Waals surface area contributed by atoms with Gasteiger partial charge in [-0.2, -0.15) is 26.7 Å². The predicted octanol–water partition coefficient (Wildman–Crippen LogP) is 0.475. The summed E-state index contributed by atoms with van der Waals surface area (Å²) >= 11 is 0. The molecule has 3 unspecified atom stereocenters. The molecule has 130 valence electrons. The summed E-state index contributed by atoms with van der Waals surface area (Å²) in [6.07, 6.45) is -8.54. The van der Waals surface area contributed by atoms with Gasteiger partial charge in [0.2, 0.25) is 10.0 Å². The molecule has 1 heterocycles. The van der Waals surface area contributed by atoms with Crippen molar-refractivity contribution < 1.29 is 45.3 Å². The largest absolute Gasteiger partial charge is 0.495 e. The fourth-order valence-corrected chi connectivity index (χ4v) is 2.60. The number of rotatable bonds is 5. The molecule has 0 aromatic heterocycles. The van der Waals surface area contributed by atoms with Gasteiger partial charge in [-0.25, -0.2) is 8.42 Å². The monoisotopic (exact) mass is 355 g/mol. The number of aliphatic hydroxyl groups excluding tert-OH is 1. The van der Waals surface area contributed by atoms with Crippen LogP contribution in [0.1, 0.15) is 12.8 Å². The van der Waals surface area contributed by atoms with Crippen molar-refractivity contribution >= 4 is 10.0 Å². The average molecular weight is 355 g/mol. The molecule has 0 aromatic rings. The maximum absolute atomic E-state index is 14.0. The summed E-state index contributed by atoms with van der Waals surface area (Å²) in [6, 6.07) is 0. The Hall–Kier alpha value is -0.980. The van der Waals surface area contributed by atoms with Gasteiger partial charge in [0.15, 0.2) is 6.10 Å². The molecule has 6 nitrogen and oxygen atoms in total. The molecule has 0 aliphatic carbocycles. The number of alkyl halides is 5. The first kappa shape index (κ1) is 19.1. The third kappa shape index (κ3) is 3.67. The molecule has 0 amide bonds. The molecule has 3 N–H and O–H groups in total. The van der Waals surface area contributed by atoms with Crippen LogP contribution in [0.15, 0.2) is 12.3 Å². The van der Waals surface area contributed by atoms with Gasteiger partial charge >= 0.3 is 12.1 Å². The molecule has 0 saturated carbocycles. The molecule has 1 rings (SSSR count). The van der Waals surface area contributed by atoms with E-state index in [1.54, 1.807) is 0 Å². The maximum Gasteiger partial charge on any atom is 0.438 e. The Morgan fingerprint density at radius 3 is 2.23 bits per heavy atom. The van der Waals surface area contributed by atoms with Crippen LogP contribution in [-0.2, 0) is 14.8 Å². The lowest BCUT2D eigenvalue weighted by Gasteiger charge is -2.41. The predicted molar refractivity (Wildman–Crippen MR) is 63.2 cm³/mol. The van der Waals surface area contributed by atoms with Crippen molar-refractivity contribution in [1.82, 2.24) is 4.72 Å². The quantitative estimate of drug-likeness (QED) is 0.492. The van der Waals surface area contributed by atoms with E-state index in [1.165, 1.54) is 6.08 Å². The van der Waals surface area contributed by atoms with E-state index in [9.17, 15) is 40.6 Å². The van der Waals surface area contributed by atoms with Crippen molar-refractivity contribution in [3.05, 3.63) is 12.3 Å². The summed E-state index contributed by atoms with van der Waals surface area (Å²) in [5.74, 6) is -5.30.